The summed E-state index contributed by atoms with van der Waals surface area (Å²) in [5.41, 5.74) is 2.28. The molecule has 0 unspecified atom stereocenters. The summed E-state index contributed by atoms with van der Waals surface area (Å²) >= 11 is 5.43. The first-order chi connectivity index (χ1) is 11.5. The zero-order valence-electron chi connectivity index (χ0n) is 13.4. The van der Waals surface area contributed by atoms with Crippen LogP contribution in [0, 0.1) is 18.6 Å². The first-order valence-electron chi connectivity index (χ1n) is 7.85. The molecule has 0 aromatic heterocycles. The van der Waals surface area contributed by atoms with Gasteiger partial charge in [-0.3, -0.25) is 0 Å². The van der Waals surface area contributed by atoms with Crippen LogP contribution in [0.15, 0.2) is 42.5 Å². The highest BCUT2D eigenvalue weighted by Crippen LogP contribution is 2.18. The number of nitrogens with one attached hydrogen (secondary N) is 1. The molecular weight excluding hydrogens is 328 g/mol. The van der Waals surface area contributed by atoms with Crippen LogP contribution in [-0.2, 0) is 0 Å². The van der Waals surface area contributed by atoms with Gasteiger partial charge in [-0.2, -0.15) is 0 Å². The molecule has 1 heterocycles. The number of benzene rings is 2. The Bertz CT molecular complexity index is 726. The van der Waals surface area contributed by atoms with Crippen molar-refractivity contribution in [2.75, 3.05) is 36.4 Å². The Morgan fingerprint density at radius 2 is 1.67 bits per heavy atom. The molecule has 0 aliphatic carbocycles. The maximum atomic E-state index is 13.6. The van der Waals surface area contributed by atoms with Crippen molar-refractivity contribution in [3.05, 3.63) is 59.7 Å². The van der Waals surface area contributed by atoms with E-state index in [-0.39, 0.29) is 11.6 Å². The summed E-state index contributed by atoms with van der Waals surface area (Å²) in [7, 11) is 0. The number of nitrogens with zero attached hydrogens (tertiary/aromatic N) is 2. The first-order valence-corrected chi connectivity index (χ1v) is 8.26. The van der Waals surface area contributed by atoms with Crippen LogP contribution in [0.4, 0.5) is 20.2 Å². The molecule has 2 aromatic rings. The van der Waals surface area contributed by atoms with Gasteiger partial charge in [-0.1, -0.05) is 6.07 Å². The second-order valence-corrected chi connectivity index (χ2v) is 6.23. The summed E-state index contributed by atoms with van der Waals surface area (Å²) < 4.78 is 26.6. The molecule has 1 aliphatic rings. The average Bonchev–Trinajstić information content (AvgIpc) is 2.59. The molecule has 0 bridgehead atoms. The van der Waals surface area contributed by atoms with E-state index in [4.69, 9.17) is 12.2 Å². The van der Waals surface area contributed by atoms with E-state index in [9.17, 15) is 8.78 Å². The summed E-state index contributed by atoms with van der Waals surface area (Å²) in [6.07, 6.45) is 0. The van der Waals surface area contributed by atoms with Gasteiger partial charge in [0.2, 0.25) is 0 Å². The van der Waals surface area contributed by atoms with Gasteiger partial charge in [-0.05, 0) is 61.1 Å². The number of hydrogen-bond donors (Lipinski definition) is 1. The standard InChI is InChI=1S/C18H19F2N3S/c1-13-2-5-15(12-17(13)20)21-18(24)23-10-8-22(9-11-23)16-6-3-14(19)4-7-16/h2-7,12H,8-11H2,1H3,(H,21,24). The minimum atomic E-state index is -0.246. The smallest absolute Gasteiger partial charge is 0.173 e. The zero-order valence-corrected chi connectivity index (χ0v) is 14.2. The molecule has 0 spiro atoms. The van der Waals surface area contributed by atoms with Gasteiger partial charge >= 0.3 is 0 Å². The van der Waals surface area contributed by atoms with E-state index in [1.54, 1.807) is 25.1 Å². The molecular formula is C18H19F2N3S. The fourth-order valence-electron chi connectivity index (χ4n) is 2.69. The number of anilines is 2. The third kappa shape index (κ3) is 3.82. The lowest BCUT2D eigenvalue weighted by Crippen LogP contribution is -2.50. The Hall–Kier alpha value is -2.21. The molecule has 3 rings (SSSR count). The Morgan fingerprint density at radius 1 is 1.00 bits per heavy atom. The van der Waals surface area contributed by atoms with Crippen molar-refractivity contribution in [3.8, 4) is 0 Å². The lowest BCUT2D eigenvalue weighted by Gasteiger charge is -2.37. The highest BCUT2D eigenvalue weighted by atomic mass is 32.1. The molecule has 2 aromatic carbocycles. The number of piperazine rings is 1. The highest BCUT2D eigenvalue weighted by Gasteiger charge is 2.19. The summed E-state index contributed by atoms with van der Waals surface area (Å²) in [5.74, 6) is -0.475. The molecule has 24 heavy (non-hydrogen) atoms. The summed E-state index contributed by atoms with van der Waals surface area (Å²) in [5, 5.41) is 3.69. The highest BCUT2D eigenvalue weighted by molar-refractivity contribution is 7.80. The van der Waals surface area contributed by atoms with E-state index in [0.29, 0.717) is 16.4 Å². The molecule has 1 N–H and O–H groups in total. The number of halogens is 2. The summed E-state index contributed by atoms with van der Waals surface area (Å²) in [6.45, 7) is 4.85. The van der Waals surface area contributed by atoms with Gasteiger partial charge in [-0.15, -0.1) is 0 Å². The number of aryl methyl sites for hydroxylation is 1. The SMILES string of the molecule is Cc1ccc(NC(=S)N2CCN(c3ccc(F)cc3)CC2)cc1F. The van der Waals surface area contributed by atoms with E-state index in [0.717, 1.165) is 31.9 Å². The van der Waals surface area contributed by atoms with E-state index in [1.165, 1.54) is 18.2 Å². The molecule has 0 amide bonds. The number of hydrogen-bond acceptors (Lipinski definition) is 2. The van der Waals surface area contributed by atoms with Crippen LogP contribution in [-0.4, -0.2) is 36.2 Å². The Kier molecular flexibility index (Phi) is 4.94. The van der Waals surface area contributed by atoms with E-state index in [1.807, 2.05) is 6.07 Å². The van der Waals surface area contributed by atoms with Crippen molar-refractivity contribution in [1.29, 1.82) is 0 Å². The van der Waals surface area contributed by atoms with Crippen molar-refractivity contribution < 1.29 is 8.78 Å². The van der Waals surface area contributed by atoms with Crippen LogP contribution >= 0.6 is 12.2 Å². The van der Waals surface area contributed by atoms with Crippen LogP contribution in [0.25, 0.3) is 0 Å². The molecule has 1 fully saturated rings. The number of thiocarbonyl (C=S) groups is 1. The molecule has 1 aliphatic heterocycles. The van der Waals surface area contributed by atoms with Crippen LogP contribution in [0.1, 0.15) is 5.56 Å². The van der Waals surface area contributed by atoms with Crippen LogP contribution in [0.5, 0.6) is 0 Å². The summed E-state index contributed by atoms with van der Waals surface area (Å²) in [4.78, 5) is 4.26. The van der Waals surface area contributed by atoms with Crippen LogP contribution < -0.4 is 10.2 Å². The predicted molar refractivity (Wildman–Crippen MR) is 97.5 cm³/mol. The minimum Gasteiger partial charge on any atom is -0.368 e. The van der Waals surface area contributed by atoms with Crippen molar-refractivity contribution in [2.45, 2.75) is 6.92 Å². The van der Waals surface area contributed by atoms with E-state index >= 15 is 0 Å². The molecule has 3 nitrogen and oxygen atoms in total. The molecule has 1 saturated heterocycles. The lowest BCUT2D eigenvalue weighted by molar-refractivity contribution is 0.391. The molecule has 6 heteroatoms. The zero-order chi connectivity index (χ0) is 17.1. The topological polar surface area (TPSA) is 18.5 Å². The third-order valence-corrected chi connectivity index (χ3v) is 4.54. The molecule has 0 radical (unpaired) electrons. The van der Waals surface area contributed by atoms with Gasteiger partial charge < -0.3 is 15.1 Å². The Morgan fingerprint density at radius 3 is 2.29 bits per heavy atom. The van der Waals surface area contributed by atoms with Crippen LogP contribution in [0.3, 0.4) is 0 Å². The predicted octanol–water partition coefficient (Wildman–Crippen LogP) is 3.79. The number of rotatable bonds is 2. The Balaban J connectivity index is 1.56. The normalized spacial score (nSPS) is 14.6. The molecule has 126 valence electrons. The fraction of sp³-hybridized carbons (Fsp3) is 0.278. The molecule has 0 saturated carbocycles. The van der Waals surface area contributed by atoms with Gasteiger partial charge in [-0.25, -0.2) is 8.78 Å². The maximum absolute atomic E-state index is 13.6. The fourth-order valence-corrected chi connectivity index (χ4v) is 2.99. The second kappa shape index (κ2) is 7.13. The lowest BCUT2D eigenvalue weighted by atomic mass is 10.2. The van der Waals surface area contributed by atoms with Crippen molar-refractivity contribution >= 4 is 28.7 Å². The van der Waals surface area contributed by atoms with Crippen LogP contribution in [0.2, 0.25) is 0 Å². The van der Waals surface area contributed by atoms with Crippen molar-refractivity contribution in [1.82, 2.24) is 4.90 Å². The quantitative estimate of drug-likeness (QED) is 0.833. The Labute approximate surface area is 145 Å². The second-order valence-electron chi connectivity index (χ2n) is 5.84. The van der Waals surface area contributed by atoms with E-state index < -0.39 is 0 Å². The average molecular weight is 347 g/mol. The van der Waals surface area contributed by atoms with Crippen molar-refractivity contribution in [2.24, 2.45) is 0 Å². The first kappa shape index (κ1) is 16.6. The van der Waals surface area contributed by atoms with Gasteiger partial charge in [0.05, 0.1) is 0 Å². The van der Waals surface area contributed by atoms with Gasteiger partial charge in [0.1, 0.15) is 11.6 Å². The molecule has 0 atom stereocenters. The minimum absolute atomic E-state index is 0.229. The largest absolute Gasteiger partial charge is 0.368 e. The monoisotopic (exact) mass is 347 g/mol. The van der Waals surface area contributed by atoms with Gasteiger partial charge in [0.15, 0.2) is 5.11 Å². The van der Waals surface area contributed by atoms with Crippen molar-refractivity contribution in [3.63, 3.8) is 0 Å². The maximum Gasteiger partial charge on any atom is 0.173 e. The third-order valence-electron chi connectivity index (χ3n) is 4.18. The van der Waals surface area contributed by atoms with Gasteiger partial charge in [0, 0.05) is 37.6 Å². The van der Waals surface area contributed by atoms with Gasteiger partial charge in [0.25, 0.3) is 0 Å². The van der Waals surface area contributed by atoms with E-state index in [2.05, 4.69) is 15.1 Å². The summed E-state index contributed by atoms with van der Waals surface area (Å²) in [6, 6.07) is 11.5.